The molecule has 82 valence electrons. The van der Waals surface area contributed by atoms with Crippen LogP contribution in [0.5, 0.6) is 0 Å². The van der Waals surface area contributed by atoms with Crippen LogP contribution >= 0.6 is 0 Å². The molecule has 16 heavy (non-hydrogen) atoms. The van der Waals surface area contributed by atoms with Crippen molar-refractivity contribution in [2.45, 2.75) is 6.42 Å². The third kappa shape index (κ3) is 1.29. The topological polar surface area (TPSA) is 74.2 Å². The summed E-state index contributed by atoms with van der Waals surface area (Å²) >= 11 is 0. The Bertz CT molecular complexity index is 579. The normalized spacial score (nSPS) is 21.8. The first kappa shape index (κ1) is 9.35. The van der Waals surface area contributed by atoms with Gasteiger partial charge in [0.15, 0.2) is 0 Å². The van der Waals surface area contributed by atoms with Crippen LogP contribution < -0.4 is 21.4 Å². The van der Waals surface area contributed by atoms with Gasteiger partial charge in [0, 0.05) is 23.4 Å². The van der Waals surface area contributed by atoms with Crippen molar-refractivity contribution in [2.75, 3.05) is 6.54 Å². The lowest BCUT2D eigenvalue weighted by Crippen LogP contribution is -2.38. The molecule has 1 fully saturated rings. The van der Waals surface area contributed by atoms with Crippen LogP contribution in [0.2, 0.25) is 0 Å². The molecule has 1 saturated heterocycles. The Morgan fingerprint density at radius 1 is 1.50 bits per heavy atom. The van der Waals surface area contributed by atoms with Crippen molar-refractivity contribution in [3.05, 3.63) is 28.4 Å². The highest BCUT2D eigenvalue weighted by molar-refractivity contribution is 5.85. The lowest BCUT2D eigenvalue weighted by atomic mass is 9.97. The zero-order valence-electron chi connectivity index (χ0n) is 8.53. The Hall–Kier alpha value is -1.88. The van der Waals surface area contributed by atoms with Crippen molar-refractivity contribution in [1.82, 2.24) is 15.8 Å². The zero-order valence-corrected chi connectivity index (χ0v) is 8.53. The smallest absolute Gasteiger partial charge is 0.354 e. The van der Waals surface area contributed by atoms with Crippen molar-refractivity contribution < 1.29 is 9.90 Å². The van der Waals surface area contributed by atoms with Crippen LogP contribution in [0.3, 0.4) is 0 Å². The lowest BCUT2D eigenvalue weighted by molar-refractivity contribution is 0.0690. The maximum Gasteiger partial charge on any atom is 0.354 e. The van der Waals surface area contributed by atoms with Crippen LogP contribution in [-0.2, 0) is 0 Å². The Balaban J connectivity index is 2.26. The molecule has 0 saturated carbocycles. The fourth-order valence-electron chi connectivity index (χ4n) is 2.19. The number of hydrogen-bond donors (Lipinski definition) is 3. The van der Waals surface area contributed by atoms with Crippen LogP contribution in [0.15, 0.2) is 12.1 Å². The number of hydrazine groups is 1. The number of aromatic nitrogens is 1. The number of nitrogens with zero attached hydrogens (tertiary/aromatic N) is 1. The van der Waals surface area contributed by atoms with Gasteiger partial charge in [-0.3, -0.25) is 0 Å². The highest BCUT2D eigenvalue weighted by atomic mass is 16.4. The third-order valence-electron chi connectivity index (χ3n) is 3.01. The Kier molecular flexibility index (Phi) is 1.94. The number of carboxylic acids is 1. The summed E-state index contributed by atoms with van der Waals surface area (Å²) in [5.74, 6) is -0.522. The maximum atomic E-state index is 10.8. The van der Waals surface area contributed by atoms with E-state index in [1.165, 1.54) is 0 Å². The van der Waals surface area contributed by atoms with E-state index < -0.39 is 5.97 Å². The quantitative estimate of drug-likeness (QED) is 0.551. The van der Waals surface area contributed by atoms with Gasteiger partial charge in [-0.1, -0.05) is 6.08 Å². The van der Waals surface area contributed by atoms with Crippen LogP contribution in [0, 0.1) is 5.92 Å². The molecule has 0 bridgehead atoms. The monoisotopic (exact) mass is 217 g/mol. The van der Waals surface area contributed by atoms with E-state index >= 15 is 0 Å². The number of hydrogen-bond acceptors (Lipinski definition) is 4. The van der Waals surface area contributed by atoms with E-state index in [1.807, 2.05) is 12.1 Å². The molecule has 0 spiro atoms. The average molecular weight is 217 g/mol. The zero-order chi connectivity index (χ0) is 11.1. The summed E-state index contributed by atoms with van der Waals surface area (Å²) in [6, 6.07) is 3.37. The summed E-state index contributed by atoms with van der Waals surface area (Å²) in [5, 5.41) is 10.6. The molecule has 1 aliphatic carbocycles. The second-order valence-corrected chi connectivity index (χ2v) is 3.99. The maximum absolute atomic E-state index is 10.8. The minimum Gasteiger partial charge on any atom is -0.477 e. The predicted molar refractivity (Wildman–Crippen MR) is 57.6 cm³/mol. The molecule has 1 aromatic heterocycles. The van der Waals surface area contributed by atoms with Gasteiger partial charge in [0.1, 0.15) is 5.69 Å². The number of rotatable bonds is 1. The SMILES string of the molecule is O=C(O)c1ccc2c(n1)=CCC1CNNC=21. The predicted octanol–water partition coefficient (Wildman–Crippen LogP) is -1.20. The van der Waals surface area contributed by atoms with Gasteiger partial charge in [0.25, 0.3) is 0 Å². The van der Waals surface area contributed by atoms with Crippen LogP contribution in [0.4, 0.5) is 0 Å². The number of carbonyl (C=O) groups is 1. The molecule has 1 aliphatic heterocycles. The van der Waals surface area contributed by atoms with Crippen LogP contribution in [0.25, 0.3) is 11.8 Å². The molecular formula is C11H11N3O2. The average Bonchev–Trinajstić information content (AvgIpc) is 2.76. The number of aromatic carboxylic acids is 1. The number of pyridine rings is 1. The lowest BCUT2D eigenvalue weighted by Gasteiger charge is -2.12. The second kappa shape index (κ2) is 3.31. The summed E-state index contributed by atoms with van der Waals surface area (Å²) < 4.78 is 0. The van der Waals surface area contributed by atoms with Gasteiger partial charge >= 0.3 is 5.97 Å². The molecule has 3 rings (SSSR count). The van der Waals surface area contributed by atoms with Gasteiger partial charge in [-0.05, 0) is 18.6 Å². The van der Waals surface area contributed by atoms with E-state index in [4.69, 9.17) is 5.11 Å². The molecule has 1 atom stereocenters. The van der Waals surface area contributed by atoms with Gasteiger partial charge in [-0.2, -0.15) is 0 Å². The molecule has 5 heteroatoms. The molecule has 2 heterocycles. The highest BCUT2D eigenvalue weighted by Crippen LogP contribution is 2.17. The van der Waals surface area contributed by atoms with E-state index in [0.29, 0.717) is 5.92 Å². The minimum absolute atomic E-state index is 0.0972. The van der Waals surface area contributed by atoms with Crippen molar-refractivity contribution in [1.29, 1.82) is 0 Å². The Morgan fingerprint density at radius 2 is 2.38 bits per heavy atom. The highest BCUT2D eigenvalue weighted by Gasteiger charge is 2.23. The van der Waals surface area contributed by atoms with E-state index in [0.717, 1.165) is 29.2 Å². The molecule has 0 radical (unpaired) electrons. The van der Waals surface area contributed by atoms with E-state index in [1.54, 1.807) is 6.07 Å². The van der Waals surface area contributed by atoms with Gasteiger partial charge in [0.05, 0.1) is 5.35 Å². The third-order valence-corrected chi connectivity index (χ3v) is 3.01. The molecule has 0 amide bonds. The molecule has 1 aromatic rings. The Morgan fingerprint density at radius 3 is 3.19 bits per heavy atom. The van der Waals surface area contributed by atoms with Crippen molar-refractivity contribution in [3.8, 4) is 0 Å². The fourth-order valence-corrected chi connectivity index (χ4v) is 2.19. The Labute approximate surface area is 91.5 Å². The minimum atomic E-state index is -0.985. The molecule has 0 aromatic carbocycles. The molecule has 5 nitrogen and oxygen atoms in total. The van der Waals surface area contributed by atoms with E-state index in [-0.39, 0.29) is 5.69 Å². The molecular weight excluding hydrogens is 206 g/mol. The van der Waals surface area contributed by atoms with E-state index in [2.05, 4.69) is 15.8 Å². The van der Waals surface area contributed by atoms with Gasteiger partial charge < -0.3 is 10.5 Å². The first-order valence-electron chi connectivity index (χ1n) is 5.19. The van der Waals surface area contributed by atoms with E-state index in [9.17, 15) is 4.79 Å². The molecule has 2 aliphatic rings. The standard InChI is InChI=1S/C11H11N3O2/c15-11(16)9-4-2-7-8(13-9)3-1-6-5-12-14-10(6)7/h2-4,6,12,14H,1,5H2,(H,15,16). The second-order valence-electron chi connectivity index (χ2n) is 3.99. The first-order chi connectivity index (χ1) is 7.75. The summed E-state index contributed by atoms with van der Waals surface area (Å²) in [7, 11) is 0. The summed E-state index contributed by atoms with van der Waals surface area (Å²) in [6.07, 6.45) is 2.91. The van der Waals surface area contributed by atoms with Crippen LogP contribution in [-0.4, -0.2) is 22.6 Å². The summed E-state index contributed by atoms with van der Waals surface area (Å²) in [5.41, 5.74) is 7.44. The first-order valence-corrected chi connectivity index (χ1v) is 5.19. The number of nitrogens with one attached hydrogen (secondary N) is 2. The summed E-state index contributed by atoms with van der Waals surface area (Å²) in [4.78, 5) is 14.9. The van der Waals surface area contributed by atoms with Crippen LogP contribution in [0.1, 0.15) is 16.9 Å². The number of carboxylic acid groups (broad SMARTS) is 1. The molecule has 1 unspecified atom stereocenters. The van der Waals surface area contributed by atoms with Crippen molar-refractivity contribution in [2.24, 2.45) is 5.92 Å². The summed E-state index contributed by atoms with van der Waals surface area (Å²) in [6.45, 7) is 0.909. The van der Waals surface area contributed by atoms with Gasteiger partial charge in [-0.25, -0.2) is 15.2 Å². The largest absolute Gasteiger partial charge is 0.477 e. The van der Waals surface area contributed by atoms with Gasteiger partial charge in [0.2, 0.25) is 0 Å². The van der Waals surface area contributed by atoms with Gasteiger partial charge in [-0.15, -0.1) is 0 Å². The van der Waals surface area contributed by atoms with Crippen molar-refractivity contribution >= 4 is 17.7 Å². The fraction of sp³-hybridized carbons (Fsp3) is 0.273. The molecule has 3 N–H and O–H groups in total. The number of fused-ring (bicyclic) bond motifs is 2. The van der Waals surface area contributed by atoms with Crippen molar-refractivity contribution in [3.63, 3.8) is 0 Å².